The third kappa shape index (κ3) is 2.19. The van der Waals surface area contributed by atoms with E-state index in [2.05, 4.69) is 48.2 Å². The molecule has 1 atom stereocenters. The third-order valence-electron chi connectivity index (χ3n) is 4.70. The monoisotopic (exact) mass is 241 g/mol. The van der Waals surface area contributed by atoms with Crippen molar-refractivity contribution in [3.8, 4) is 0 Å². The SMILES string of the molecule is CC1(c2ccccc2)CC=C(N2CCCC2)CC1. The minimum atomic E-state index is 0.352. The van der Waals surface area contributed by atoms with Crippen molar-refractivity contribution >= 4 is 0 Å². The summed E-state index contributed by atoms with van der Waals surface area (Å²) in [5.74, 6) is 0. The third-order valence-corrected chi connectivity index (χ3v) is 4.70. The van der Waals surface area contributed by atoms with E-state index in [-0.39, 0.29) is 0 Å². The van der Waals surface area contributed by atoms with Gasteiger partial charge in [-0.1, -0.05) is 43.3 Å². The van der Waals surface area contributed by atoms with Gasteiger partial charge in [0.15, 0.2) is 0 Å². The Bertz CT molecular complexity index is 428. The van der Waals surface area contributed by atoms with E-state index in [9.17, 15) is 0 Å². The van der Waals surface area contributed by atoms with Gasteiger partial charge in [0, 0.05) is 18.8 Å². The van der Waals surface area contributed by atoms with Gasteiger partial charge in [-0.25, -0.2) is 0 Å². The second-order valence-corrected chi connectivity index (χ2v) is 6.02. The first-order valence-electron chi connectivity index (χ1n) is 7.27. The first-order chi connectivity index (χ1) is 8.78. The van der Waals surface area contributed by atoms with Gasteiger partial charge in [-0.2, -0.15) is 0 Å². The van der Waals surface area contributed by atoms with Crippen molar-refractivity contribution in [2.75, 3.05) is 13.1 Å². The summed E-state index contributed by atoms with van der Waals surface area (Å²) in [4.78, 5) is 2.60. The number of hydrogen-bond acceptors (Lipinski definition) is 1. The average Bonchev–Trinajstić information content (AvgIpc) is 2.95. The van der Waals surface area contributed by atoms with Gasteiger partial charge in [0.25, 0.3) is 0 Å². The zero-order valence-corrected chi connectivity index (χ0v) is 11.4. The highest BCUT2D eigenvalue weighted by Crippen LogP contribution is 2.39. The molecule has 96 valence electrons. The lowest BCUT2D eigenvalue weighted by molar-refractivity contribution is 0.341. The van der Waals surface area contributed by atoms with Crippen LogP contribution in [0.4, 0.5) is 0 Å². The molecule has 1 aliphatic carbocycles. The highest BCUT2D eigenvalue weighted by atomic mass is 15.1. The summed E-state index contributed by atoms with van der Waals surface area (Å²) in [6.45, 7) is 4.99. The van der Waals surface area contributed by atoms with Gasteiger partial charge < -0.3 is 4.90 Å². The minimum Gasteiger partial charge on any atom is -0.375 e. The lowest BCUT2D eigenvalue weighted by Gasteiger charge is -2.36. The van der Waals surface area contributed by atoms with E-state index in [4.69, 9.17) is 0 Å². The molecule has 1 aliphatic heterocycles. The Morgan fingerprint density at radius 1 is 1.06 bits per heavy atom. The van der Waals surface area contributed by atoms with Crippen LogP contribution >= 0.6 is 0 Å². The molecule has 1 unspecified atom stereocenters. The van der Waals surface area contributed by atoms with E-state index in [0.29, 0.717) is 5.41 Å². The molecular formula is C17H23N. The summed E-state index contributed by atoms with van der Waals surface area (Å²) in [6, 6.07) is 11.0. The van der Waals surface area contributed by atoms with Gasteiger partial charge in [-0.05, 0) is 43.1 Å². The van der Waals surface area contributed by atoms with Crippen molar-refractivity contribution < 1.29 is 0 Å². The van der Waals surface area contributed by atoms with Gasteiger partial charge in [0.05, 0.1) is 0 Å². The van der Waals surface area contributed by atoms with Crippen LogP contribution in [0.5, 0.6) is 0 Å². The first kappa shape index (κ1) is 11.8. The highest BCUT2D eigenvalue weighted by Gasteiger charge is 2.30. The summed E-state index contributed by atoms with van der Waals surface area (Å²) in [5.41, 5.74) is 3.47. The van der Waals surface area contributed by atoms with Crippen molar-refractivity contribution in [1.29, 1.82) is 0 Å². The fourth-order valence-corrected chi connectivity index (χ4v) is 3.35. The molecule has 0 N–H and O–H groups in total. The molecule has 0 bridgehead atoms. The normalized spacial score (nSPS) is 28.3. The Labute approximate surface area is 111 Å². The number of hydrogen-bond donors (Lipinski definition) is 0. The molecule has 0 radical (unpaired) electrons. The van der Waals surface area contributed by atoms with Gasteiger partial charge >= 0.3 is 0 Å². The predicted molar refractivity (Wildman–Crippen MR) is 76.5 cm³/mol. The van der Waals surface area contributed by atoms with Crippen LogP contribution in [0.2, 0.25) is 0 Å². The van der Waals surface area contributed by atoms with Crippen molar-refractivity contribution in [3.05, 3.63) is 47.7 Å². The van der Waals surface area contributed by atoms with Crippen LogP contribution in [0.1, 0.15) is 44.6 Å². The van der Waals surface area contributed by atoms with Crippen LogP contribution in [-0.2, 0) is 5.41 Å². The van der Waals surface area contributed by atoms with Gasteiger partial charge in [0.1, 0.15) is 0 Å². The predicted octanol–water partition coefficient (Wildman–Crippen LogP) is 4.11. The van der Waals surface area contributed by atoms with Crippen LogP contribution in [0.3, 0.4) is 0 Å². The van der Waals surface area contributed by atoms with Gasteiger partial charge in [-0.15, -0.1) is 0 Å². The fraction of sp³-hybridized carbons (Fsp3) is 0.529. The Hall–Kier alpha value is -1.24. The van der Waals surface area contributed by atoms with E-state index in [1.165, 1.54) is 50.8 Å². The summed E-state index contributed by atoms with van der Waals surface area (Å²) in [7, 11) is 0. The Balaban J connectivity index is 1.75. The molecule has 1 aromatic carbocycles. The van der Waals surface area contributed by atoms with Crippen molar-refractivity contribution in [3.63, 3.8) is 0 Å². The number of likely N-dealkylation sites (tertiary alicyclic amines) is 1. The lowest BCUT2D eigenvalue weighted by Crippen LogP contribution is -2.29. The first-order valence-corrected chi connectivity index (χ1v) is 7.27. The van der Waals surface area contributed by atoms with Gasteiger partial charge in [0.2, 0.25) is 0 Å². The van der Waals surface area contributed by atoms with Crippen molar-refractivity contribution in [1.82, 2.24) is 4.90 Å². The zero-order chi connectivity index (χ0) is 12.4. The topological polar surface area (TPSA) is 3.24 Å². The molecule has 3 rings (SSSR count). The van der Waals surface area contributed by atoms with Gasteiger partial charge in [-0.3, -0.25) is 0 Å². The van der Waals surface area contributed by atoms with E-state index in [1.807, 2.05) is 0 Å². The molecule has 0 spiro atoms. The summed E-state index contributed by atoms with van der Waals surface area (Å²) < 4.78 is 0. The minimum absolute atomic E-state index is 0.352. The zero-order valence-electron chi connectivity index (χ0n) is 11.4. The molecule has 1 heteroatoms. The van der Waals surface area contributed by atoms with Crippen LogP contribution in [0.25, 0.3) is 0 Å². The standard InChI is InChI=1S/C17H23N/c1-17(15-7-3-2-4-8-15)11-9-16(10-12-17)18-13-5-6-14-18/h2-4,7-9H,5-6,10-14H2,1H3. The van der Waals surface area contributed by atoms with Crippen molar-refractivity contribution in [2.24, 2.45) is 0 Å². The summed E-state index contributed by atoms with van der Waals surface area (Å²) >= 11 is 0. The molecule has 1 fully saturated rings. The molecule has 1 nitrogen and oxygen atoms in total. The molecule has 0 saturated carbocycles. The average molecular weight is 241 g/mol. The smallest absolute Gasteiger partial charge is 0.0175 e. The maximum atomic E-state index is 2.60. The molecule has 0 amide bonds. The van der Waals surface area contributed by atoms with Crippen LogP contribution in [-0.4, -0.2) is 18.0 Å². The molecule has 18 heavy (non-hydrogen) atoms. The van der Waals surface area contributed by atoms with E-state index >= 15 is 0 Å². The fourth-order valence-electron chi connectivity index (χ4n) is 3.35. The quantitative estimate of drug-likeness (QED) is 0.753. The number of rotatable bonds is 2. The molecule has 1 saturated heterocycles. The largest absolute Gasteiger partial charge is 0.375 e. The second kappa shape index (κ2) is 4.79. The molecular weight excluding hydrogens is 218 g/mol. The molecule has 2 aliphatic rings. The summed E-state index contributed by atoms with van der Waals surface area (Å²) in [6.07, 6.45) is 9.01. The molecule has 1 heterocycles. The Kier molecular flexibility index (Phi) is 3.15. The van der Waals surface area contributed by atoms with Crippen molar-refractivity contribution in [2.45, 2.75) is 44.4 Å². The maximum Gasteiger partial charge on any atom is 0.0175 e. The Morgan fingerprint density at radius 3 is 2.39 bits per heavy atom. The number of nitrogens with zero attached hydrogens (tertiary/aromatic N) is 1. The number of benzene rings is 1. The van der Waals surface area contributed by atoms with Crippen LogP contribution < -0.4 is 0 Å². The van der Waals surface area contributed by atoms with E-state index in [1.54, 1.807) is 5.70 Å². The molecule has 0 aromatic heterocycles. The Morgan fingerprint density at radius 2 is 1.78 bits per heavy atom. The maximum absolute atomic E-state index is 2.60. The van der Waals surface area contributed by atoms with E-state index in [0.717, 1.165) is 0 Å². The van der Waals surface area contributed by atoms with Crippen LogP contribution in [0.15, 0.2) is 42.1 Å². The van der Waals surface area contributed by atoms with E-state index < -0.39 is 0 Å². The molecule has 1 aromatic rings. The van der Waals surface area contributed by atoms with Crippen LogP contribution in [0, 0.1) is 0 Å². The second-order valence-electron chi connectivity index (χ2n) is 6.02. The number of allylic oxidation sites excluding steroid dienone is 2. The lowest BCUT2D eigenvalue weighted by atomic mass is 9.72. The highest BCUT2D eigenvalue weighted by molar-refractivity contribution is 5.28. The summed E-state index contributed by atoms with van der Waals surface area (Å²) in [5, 5.41) is 0.